The molecule has 0 saturated heterocycles. The maximum atomic E-state index is 12.4. The molecule has 20 heavy (non-hydrogen) atoms. The first-order valence-corrected chi connectivity index (χ1v) is 5.69. The number of hydrogen-bond donors (Lipinski definition) is 1. The molecule has 1 heterocycles. The number of carboxylic acid groups (broad SMARTS) is 1. The lowest BCUT2D eigenvalue weighted by molar-refractivity contribution is -0.143. The zero-order chi connectivity index (χ0) is 15.5. The number of alkyl halides is 3. The molecule has 8 heteroatoms. The van der Waals surface area contributed by atoms with Crippen LogP contribution in [-0.2, 0) is 0 Å². The van der Waals surface area contributed by atoms with Gasteiger partial charge in [-0.25, -0.2) is 4.79 Å². The van der Waals surface area contributed by atoms with Crippen LogP contribution in [0.1, 0.15) is 34.7 Å². The second-order valence-corrected chi connectivity index (χ2v) is 4.38. The number of carbonyl (C=O) groups excluding carboxylic acids is 1. The van der Waals surface area contributed by atoms with Crippen molar-refractivity contribution in [2.24, 2.45) is 0 Å². The summed E-state index contributed by atoms with van der Waals surface area (Å²) in [5.41, 5.74) is -0.374. The van der Waals surface area contributed by atoms with Crippen molar-refractivity contribution in [3.63, 3.8) is 0 Å². The fourth-order valence-corrected chi connectivity index (χ4v) is 1.48. The highest BCUT2D eigenvalue weighted by Gasteiger charge is 2.34. The maximum Gasteiger partial charge on any atom is 0.406 e. The van der Waals surface area contributed by atoms with Gasteiger partial charge in [-0.05, 0) is 26.0 Å². The van der Waals surface area contributed by atoms with Crippen molar-refractivity contribution in [3.05, 3.63) is 29.6 Å². The number of carboxylic acids is 1. The minimum atomic E-state index is -4.51. The molecule has 0 aliphatic heterocycles. The highest BCUT2D eigenvalue weighted by molar-refractivity contribution is 5.94. The van der Waals surface area contributed by atoms with Crippen molar-refractivity contribution in [1.29, 1.82) is 0 Å². The van der Waals surface area contributed by atoms with Crippen LogP contribution in [0.3, 0.4) is 0 Å². The van der Waals surface area contributed by atoms with E-state index >= 15 is 0 Å². The molecule has 0 aromatic carbocycles. The van der Waals surface area contributed by atoms with Gasteiger partial charge in [0.15, 0.2) is 0 Å². The summed E-state index contributed by atoms with van der Waals surface area (Å²) < 4.78 is 37.3. The molecule has 1 aromatic rings. The SMILES string of the molecule is CC(C)N(CC(F)(F)F)C(=O)c1ccc(C(=O)O)cn1. The molecule has 110 valence electrons. The van der Waals surface area contributed by atoms with E-state index < -0.39 is 30.6 Å². The van der Waals surface area contributed by atoms with E-state index in [1.165, 1.54) is 13.8 Å². The van der Waals surface area contributed by atoms with E-state index in [2.05, 4.69) is 4.98 Å². The monoisotopic (exact) mass is 290 g/mol. The number of aromatic nitrogens is 1. The number of rotatable bonds is 4. The minimum Gasteiger partial charge on any atom is -0.478 e. The molecule has 0 aliphatic carbocycles. The molecule has 0 saturated carbocycles. The summed E-state index contributed by atoms with van der Waals surface area (Å²) in [7, 11) is 0. The van der Waals surface area contributed by atoms with Crippen LogP contribution in [0.25, 0.3) is 0 Å². The van der Waals surface area contributed by atoms with Gasteiger partial charge in [-0.3, -0.25) is 9.78 Å². The van der Waals surface area contributed by atoms with Crippen LogP contribution in [0.2, 0.25) is 0 Å². The Labute approximate surface area is 113 Å². The number of carbonyl (C=O) groups is 2. The summed E-state index contributed by atoms with van der Waals surface area (Å²) in [5.74, 6) is -2.12. The van der Waals surface area contributed by atoms with E-state index in [1.807, 2.05) is 0 Å². The van der Waals surface area contributed by atoms with Crippen molar-refractivity contribution in [1.82, 2.24) is 9.88 Å². The van der Waals surface area contributed by atoms with Crippen molar-refractivity contribution >= 4 is 11.9 Å². The van der Waals surface area contributed by atoms with Gasteiger partial charge in [0.1, 0.15) is 12.2 Å². The Kier molecular flexibility index (Phi) is 4.69. The van der Waals surface area contributed by atoms with Crippen molar-refractivity contribution in [2.45, 2.75) is 26.1 Å². The number of amides is 1. The van der Waals surface area contributed by atoms with Crippen molar-refractivity contribution in [3.8, 4) is 0 Å². The molecular weight excluding hydrogens is 277 g/mol. The van der Waals surface area contributed by atoms with E-state index in [-0.39, 0.29) is 11.3 Å². The van der Waals surface area contributed by atoms with Crippen molar-refractivity contribution in [2.75, 3.05) is 6.54 Å². The van der Waals surface area contributed by atoms with Crippen LogP contribution < -0.4 is 0 Å². The summed E-state index contributed by atoms with van der Waals surface area (Å²) in [4.78, 5) is 26.8. The summed E-state index contributed by atoms with van der Waals surface area (Å²) in [5, 5.41) is 8.68. The van der Waals surface area contributed by atoms with E-state index in [9.17, 15) is 22.8 Å². The van der Waals surface area contributed by atoms with Crippen LogP contribution in [0.5, 0.6) is 0 Å². The van der Waals surface area contributed by atoms with E-state index in [0.717, 1.165) is 18.3 Å². The molecule has 0 aliphatic rings. The number of hydrogen-bond acceptors (Lipinski definition) is 3. The lowest BCUT2D eigenvalue weighted by Crippen LogP contribution is -2.43. The average Bonchev–Trinajstić information content (AvgIpc) is 2.34. The molecule has 1 amide bonds. The molecule has 5 nitrogen and oxygen atoms in total. The van der Waals surface area contributed by atoms with E-state index in [0.29, 0.717) is 4.90 Å². The summed E-state index contributed by atoms with van der Waals surface area (Å²) in [6.45, 7) is 1.52. The van der Waals surface area contributed by atoms with Crippen LogP contribution in [0.4, 0.5) is 13.2 Å². The third kappa shape index (κ3) is 4.22. The van der Waals surface area contributed by atoms with Gasteiger partial charge in [-0.2, -0.15) is 13.2 Å². The quantitative estimate of drug-likeness (QED) is 0.922. The minimum absolute atomic E-state index is 0.145. The van der Waals surface area contributed by atoms with E-state index in [4.69, 9.17) is 5.11 Å². The lowest BCUT2D eigenvalue weighted by Gasteiger charge is -2.27. The Hall–Kier alpha value is -2.12. The van der Waals surface area contributed by atoms with Gasteiger partial charge in [0.25, 0.3) is 5.91 Å². The predicted octanol–water partition coefficient (Wildman–Crippen LogP) is 2.19. The molecule has 0 bridgehead atoms. The van der Waals surface area contributed by atoms with Crippen LogP contribution in [-0.4, -0.2) is 45.6 Å². The maximum absolute atomic E-state index is 12.4. The molecule has 0 fully saturated rings. The molecule has 1 aromatic heterocycles. The fraction of sp³-hybridized carbons (Fsp3) is 0.417. The fourth-order valence-electron chi connectivity index (χ4n) is 1.48. The number of pyridine rings is 1. The second-order valence-electron chi connectivity index (χ2n) is 4.38. The third-order valence-electron chi connectivity index (χ3n) is 2.46. The highest BCUT2D eigenvalue weighted by atomic mass is 19.4. The van der Waals surface area contributed by atoms with Gasteiger partial charge in [0.2, 0.25) is 0 Å². The first kappa shape index (κ1) is 15.9. The number of halogens is 3. The van der Waals surface area contributed by atoms with Gasteiger partial charge >= 0.3 is 12.1 Å². The summed E-state index contributed by atoms with van der Waals surface area (Å²) in [6.07, 6.45) is -3.58. The molecule has 0 unspecified atom stereocenters. The van der Waals surface area contributed by atoms with Gasteiger partial charge in [0.05, 0.1) is 5.56 Å². The number of nitrogens with zero attached hydrogens (tertiary/aromatic N) is 2. The summed E-state index contributed by atoms with van der Waals surface area (Å²) in [6, 6.07) is 1.55. The Morgan fingerprint density at radius 1 is 1.35 bits per heavy atom. The van der Waals surface area contributed by atoms with Gasteiger partial charge < -0.3 is 10.0 Å². The van der Waals surface area contributed by atoms with Crippen molar-refractivity contribution < 1.29 is 27.9 Å². The van der Waals surface area contributed by atoms with Gasteiger partial charge in [-0.1, -0.05) is 0 Å². The first-order chi connectivity index (χ1) is 9.11. The topological polar surface area (TPSA) is 70.5 Å². The zero-order valence-corrected chi connectivity index (χ0v) is 10.8. The Balaban J connectivity index is 2.98. The largest absolute Gasteiger partial charge is 0.478 e. The normalized spacial score (nSPS) is 11.5. The standard InChI is InChI=1S/C12H13F3N2O3/c1-7(2)17(6-12(13,14)15)10(18)9-4-3-8(5-16-9)11(19)20/h3-5,7H,6H2,1-2H3,(H,19,20). The average molecular weight is 290 g/mol. The molecule has 0 spiro atoms. The predicted molar refractivity (Wildman–Crippen MR) is 63.4 cm³/mol. The van der Waals surface area contributed by atoms with Crippen LogP contribution in [0.15, 0.2) is 18.3 Å². The number of aromatic carboxylic acids is 1. The third-order valence-corrected chi connectivity index (χ3v) is 2.46. The van der Waals surface area contributed by atoms with Crippen LogP contribution >= 0.6 is 0 Å². The van der Waals surface area contributed by atoms with Crippen LogP contribution in [0, 0.1) is 0 Å². The zero-order valence-electron chi connectivity index (χ0n) is 10.8. The van der Waals surface area contributed by atoms with Gasteiger partial charge in [-0.15, -0.1) is 0 Å². The Morgan fingerprint density at radius 3 is 2.30 bits per heavy atom. The smallest absolute Gasteiger partial charge is 0.406 e. The van der Waals surface area contributed by atoms with E-state index in [1.54, 1.807) is 0 Å². The molecule has 1 N–H and O–H groups in total. The summed E-state index contributed by atoms with van der Waals surface area (Å²) >= 11 is 0. The molecular formula is C12H13F3N2O3. The molecule has 0 radical (unpaired) electrons. The molecule has 0 atom stereocenters. The highest BCUT2D eigenvalue weighted by Crippen LogP contribution is 2.19. The Bertz CT molecular complexity index is 498. The Morgan fingerprint density at radius 2 is 1.95 bits per heavy atom. The first-order valence-electron chi connectivity index (χ1n) is 5.69. The van der Waals surface area contributed by atoms with Gasteiger partial charge in [0, 0.05) is 12.2 Å². The molecule has 1 rings (SSSR count). The second kappa shape index (κ2) is 5.89. The lowest BCUT2D eigenvalue weighted by atomic mass is 10.2.